The van der Waals surface area contributed by atoms with Gasteiger partial charge in [-0.3, -0.25) is 9.59 Å². The lowest BCUT2D eigenvalue weighted by atomic mass is 9.64. The van der Waals surface area contributed by atoms with Gasteiger partial charge in [0.05, 0.1) is 17.9 Å². The summed E-state index contributed by atoms with van der Waals surface area (Å²) in [5.74, 6) is -1.05. The van der Waals surface area contributed by atoms with Gasteiger partial charge in [-0.05, 0) is 30.2 Å². The van der Waals surface area contributed by atoms with E-state index in [2.05, 4.69) is 0 Å². The highest BCUT2D eigenvalue weighted by Gasteiger charge is 2.62. The Labute approximate surface area is 191 Å². The molecular formula is C28H21NO4. The molecule has 3 aromatic carbocycles. The fourth-order valence-corrected chi connectivity index (χ4v) is 5.86. The van der Waals surface area contributed by atoms with Crippen molar-refractivity contribution in [2.45, 2.75) is 19.3 Å². The number of ether oxygens (including phenoxy) is 1. The number of allylic oxidation sites excluding steroid dienone is 2. The summed E-state index contributed by atoms with van der Waals surface area (Å²) in [5.41, 5.74) is 2.82. The zero-order valence-electron chi connectivity index (χ0n) is 18.6. The topological polar surface area (TPSA) is 63.7 Å². The third-order valence-corrected chi connectivity index (χ3v) is 7.21. The number of esters is 1. The van der Waals surface area contributed by atoms with Crippen molar-refractivity contribution in [2.24, 2.45) is 0 Å². The summed E-state index contributed by atoms with van der Waals surface area (Å²) in [6.45, 7) is 3.72. The molecule has 2 aliphatic carbocycles. The third kappa shape index (κ3) is 2.14. The van der Waals surface area contributed by atoms with E-state index in [0.717, 1.165) is 16.3 Å². The smallest absolute Gasteiger partial charge is 0.337 e. The van der Waals surface area contributed by atoms with Crippen molar-refractivity contribution >= 4 is 34.0 Å². The van der Waals surface area contributed by atoms with Crippen molar-refractivity contribution in [3.05, 3.63) is 99.8 Å². The van der Waals surface area contributed by atoms with E-state index in [0.29, 0.717) is 33.7 Å². The number of hydrogen-bond donors (Lipinski definition) is 0. The fraction of sp³-hybridized carbons (Fsp3) is 0.179. The van der Waals surface area contributed by atoms with Crippen LogP contribution in [0.3, 0.4) is 0 Å². The molecule has 0 aromatic heterocycles. The zero-order chi connectivity index (χ0) is 23.1. The molecule has 1 aliphatic heterocycles. The molecule has 6 rings (SSSR count). The second kappa shape index (κ2) is 6.51. The summed E-state index contributed by atoms with van der Waals surface area (Å²) in [4.78, 5) is 43.8. The Morgan fingerprint density at radius 2 is 1.61 bits per heavy atom. The standard InChI is InChI=1S/C28H21NO4/c1-4-33-27(32)22-15(2)29(3)24-17-11-5-6-12-18(17)25(30)23(24)28(22)20-14-8-10-16-9-7-13-19(21(16)20)26(28)31/h5-14H,4H2,1-3H3. The Kier molecular flexibility index (Phi) is 3.88. The average Bonchev–Trinajstić information content (AvgIpc) is 3.25. The number of benzene rings is 3. The predicted molar refractivity (Wildman–Crippen MR) is 125 cm³/mol. The lowest BCUT2D eigenvalue weighted by molar-refractivity contribution is -0.139. The second-order valence-corrected chi connectivity index (χ2v) is 8.63. The van der Waals surface area contributed by atoms with E-state index in [1.54, 1.807) is 19.1 Å². The molecule has 33 heavy (non-hydrogen) atoms. The summed E-state index contributed by atoms with van der Waals surface area (Å²) in [6.07, 6.45) is 0. The van der Waals surface area contributed by atoms with E-state index in [-0.39, 0.29) is 23.7 Å². The number of hydrogen-bond acceptors (Lipinski definition) is 5. The number of Topliss-reactive ketones (excluding diaryl/α,β-unsaturated/α-hetero) is 2. The number of carbonyl (C=O) groups excluding carboxylic acids is 3. The molecule has 1 spiro atoms. The first-order chi connectivity index (χ1) is 15.9. The van der Waals surface area contributed by atoms with Gasteiger partial charge in [-0.15, -0.1) is 0 Å². The van der Waals surface area contributed by atoms with Crippen LogP contribution in [0.1, 0.15) is 45.7 Å². The van der Waals surface area contributed by atoms with Crippen LogP contribution in [0.15, 0.2) is 77.5 Å². The van der Waals surface area contributed by atoms with Crippen LogP contribution in [0.2, 0.25) is 0 Å². The number of ketones is 2. The Hall–Kier alpha value is -3.99. The lowest BCUT2D eigenvalue weighted by Gasteiger charge is -2.41. The molecule has 0 fully saturated rings. The fourth-order valence-electron chi connectivity index (χ4n) is 5.86. The molecule has 0 amide bonds. The number of nitrogens with zero attached hydrogens (tertiary/aromatic N) is 1. The van der Waals surface area contributed by atoms with Crippen molar-refractivity contribution in [3.63, 3.8) is 0 Å². The molecule has 5 heteroatoms. The van der Waals surface area contributed by atoms with E-state index in [4.69, 9.17) is 4.74 Å². The highest BCUT2D eigenvalue weighted by atomic mass is 16.5. The van der Waals surface area contributed by atoms with Gasteiger partial charge in [-0.1, -0.05) is 60.7 Å². The molecule has 0 bridgehead atoms. The van der Waals surface area contributed by atoms with E-state index in [1.165, 1.54) is 0 Å². The van der Waals surface area contributed by atoms with E-state index < -0.39 is 11.4 Å². The first-order valence-electron chi connectivity index (χ1n) is 11.0. The first kappa shape index (κ1) is 19.7. The minimum atomic E-state index is -1.54. The Balaban J connectivity index is 1.80. The molecule has 0 N–H and O–H groups in total. The van der Waals surface area contributed by atoms with E-state index in [9.17, 15) is 14.4 Å². The van der Waals surface area contributed by atoms with Crippen LogP contribution in [-0.4, -0.2) is 36.1 Å². The van der Waals surface area contributed by atoms with Gasteiger partial charge in [0.1, 0.15) is 5.41 Å². The number of carbonyl (C=O) groups is 3. The van der Waals surface area contributed by atoms with Crippen molar-refractivity contribution in [1.29, 1.82) is 0 Å². The maximum Gasteiger partial charge on any atom is 0.337 e. The molecule has 1 heterocycles. The van der Waals surface area contributed by atoms with Crippen LogP contribution < -0.4 is 0 Å². The summed E-state index contributed by atoms with van der Waals surface area (Å²) in [5, 5.41) is 1.69. The van der Waals surface area contributed by atoms with Gasteiger partial charge in [0.15, 0.2) is 11.6 Å². The van der Waals surface area contributed by atoms with Gasteiger partial charge in [0.25, 0.3) is 0 Å². The quantitative estimate of drug-likeness (QED) is 0.548. The van der Waals surface area contributed by atoms with Gasteiger partial charge in [-0.2, -0.15) is 0 Å². The Morgan fingerprint density at radius 1 is 0.939 bits per heavy atom. The van der Waals surface area contributed by atoms with Crippen LogP contribution in [0.5, 0.6) is 0 Å². The van der Waals surface area contributed by atoms with Crippen molar-refractivity contribution in [1.82, 2.24) is 4.90 Å². The largest absolute Gasteiger partial charge is 0.463 e. The van der Waals surface area contributed by atoms with Gasteiger partial charge < -0.3 is 9.64 Å². The molecule has 1 unspecified atom stereocenters. The first-order valence-corrected chi connectivity index (χ1v) is 11.0. The predicted octanol–water partition coefficient (Wildman–Crippen LogP) is 4.66. The normalized spacial score (nSPS) is 20.8. The summed E-state index contributed by atoms with van der Waals surface area (Å²) >= 11 is 0. The molecule has 5 nitrogen and oxygen atoms in total. The highest BCUT2D eigenvalue weighted by Crippen LogP contribution is 2.59. The van der Waals surface area contributed by atoms with Gasteiger partial charge in [-0.25, -0.2) is 4.79 Å². The average molecular weight is 435 g/mol. The van der Waals surface area contributed by atoms with Crippen LogP contribution in [-0.2, 0) is 14.9 Å². The molecular weight excluding hydrogens is 414 g/mol. The third-order valence-electron chi connectivity index (χ3n) is 7.21. The molecule has 0 saturated carbocycles. The summed E-state index contributed by atoms with van der Waals surface area (Å²) in [6, 6.07) is 18.7. The van der Waals surface area contributed by atoms with Gasteiger partial charge >= 0.3 is 5.97 Å². The van der Waals surface area contributed by atoms with Gasteiger partial charge in [0.2, 0.25) is 0 Å². The van der Waals surface area contributed by atoms with Crippen molar-refractivity contribution in [2.75, 3.05) is 13.7 Å². The molecule has 0 radical (unpaired) electrons. The maximum atomic E-state index is 14.4. The minimum Gasteiger partial charge on any atom is -0.463 e. The Morgan fingerprint density at radius 3 is 2.33 bits per heavy atom. The number of fused-ring (bicyclic) bond motifs is 4. The highest BCUT2D eigenvalue weighted by molar-refractivity contribution is 6.35. The molecule has 3 aromatic rings. The van der Waals surface area contributed by atoms with Crippen LogP contribution >= 0.6 is 0 Å². The van der Waals surface area contributed by atoms with E-state index in [1.807, 2.05) is 67.4 Å². The van der Waals surface area contributed by atoms with Crippen LogP contribution in [0.25, 0.3) is 16.5 Å². The molecule has 1 atom stereocenters. The molecule has 3 aliphatic rings. The molecule has 0 saturated heterocycles. The van der Waals surface area contributed by atoms with Crippen LogP contribution in [0.4, 0.5) is 0 Å². The number of rotatable bonds is 2. The zero-order valence-corrected chi connectivity index (χ0v) is 18.6. The monoisotopic (exact) mass is 435 g/mol. The lowest BCUT2D eigenvalue weighted by Crippen LogP contribution is -2.47. The SMILES string of the molecule is CCOC(=O)C1=C(C)N(C)C2=C(C(=O)c3ccccc32)C12C(=O)c1cccc3cccc2c13. The van der Waals surface area contributed by atoms with Gasteiger partial charge in [0, 0.05) is 35.0 Å². The molecule has 162 valence electrons. The minimum absolute atomic E-state index is 0.167. The van der Waals surface area contributed by atoms with Crippen molar-refractivity contribution in [3.8, 4) is 0 Å². The maximum absolute atomic E-state index is 14.4. The van der Waals surface area contributed by atoms with E-state index >= 15 is 0 Å². The summed E-state index contributed by atoms with van der Waals surface area (Å²) in [7, 11) is 1.83. The summed E-state index contributed by atoms with van der Waals surface area (Å²) < 4.78 is 5.48. The van der Waals surface area contributed by atoms with Crippen LogP contribution in [0, 0.1) is 0 Å². The Bertz CT molecular complexity index is 1500. The van der Waals surface area contributed by atoms with Crippen molar-refractivity contribution < 1.29 is 19.1 Å². The second-order valence-electron chi connectivity index (χ2n) is 8.63.